The van der Waals surface area contributed by atoms with Crippen LogP contribution in [0.15, 0.2) is 27.6 Å². The van der Waals surface area contributed by atoms with E-state index < -0.39 is 10.8 Å². The van der Waals surface area contributed by atoms with E-state index in [1.165, 1.54) is 0 Å². The Labute approximate surface area is 112 Å². The largest absolute Gasteiger partial charge is 0.399 e. The molecule has 17 heavy (non-hydrogen) atoms. The standard InChI is InChI=1S/C11H15BrN2O2S/c1-2-5-14-11(15)7-17(16)10-4-3-8(13)6-9(10)12/h3-4,6H,2,5,7,13H2,1H3,(H,14,15). The molecule has 3 N–H and O–H groups in total. The van der Waals surface area contributed by atoms with E-state index in [9.17, 15) is 9.00 Å². The molecule has 0 saturated carbocycles. The number of hydrogen-bond donors (Lipinski definition) is 2. The summed E-state index contributed by atoms with van der Waals surface area (Å²) in [6, 6.07) is 5.02. The molecule has 0 aromatic heterocycles. The van der Waals surface area contributed by atoms with E-state index in [0.29, 0.717) is 21.6 Å². The summed E-state index contributed by atoms with van der Waals surface area (Å²) in [6.45, 7) is 2.58. The van der Waals surface area contributed by atoms with Crippen LogP contribution < -0.4 is 11.1 Å². The number of amides is 1. The van der Waals surface area contributed by atoms with Crippen LogP contribution in [0.25, 0.3) is 0 Å². The van der Waals surface area contributed by atoms with Crippen LogP contribution in [0.1, 0.15) is 13.3 Å². The zero-order valence-corrected chi connectivity index (χ0v) is 11.9. The van der Waals surface area contributed by atoms with Crippen molar-refractivity contribution in [3.63, 3.8) is 0 Å². The summed E-state index contributed by atoms with van der Waals surface area (Å²) in [5.41, 5.74) is 6.18. The van der Waals surface area contributed by atoms with Gasteiger partial charge in [-0.3, -0.25) is 9.00 Å². The van der Waals surface area contributed by atoms with Crippen LogP contribution in [-0.4, -0.2) is 22.4 Å². The molecular weight excluding hydrogens is 304 g/mol. The molecule has 0 aliphatic rings. The lowest BCUT2D eigenvalue weighted by Crippen LogP contribution is -2.28. The van der Waals surface area contributed by atoms with E-state index in [-0.39, 0.29) is 11.7 Å². The Morgan fingerprint density at radius 1 is 1.53 bits per heavy atom. The summed E-state index contributed by atoms with van der Waals surface area (Å²) < 4.78 is 12.6. The van der Waals surface area contributed by atoms with Crippen LogP contribution in [0.4, 0.5) is 5.69 Å². The summed E-state index contributed by atoms with van der Waals surface area (Å²) in [5.74, 6) is -0.225. The lowest BCUT2D eigenvalue weighted by Gasteiger charge is -2.06. The van der Waals surface area contributed by atoms with Crippen molar-refractivity contribution in [2.24, 2.45) is 0 Å². The Balaban J connectivity index is 2.67. The molecule has 4 nitrogen and oxygen atoms in total. The van der Waals surface area contributed by atoms with Crippen LogP contribution in [0.5, 0.6) is 0 Å². The second kappa shape index (κ2) is 6.76. The molecule has 0 heterocycles. The molecule has 6 heteroatoms. The number of benzene rings is 1. The van der Waals surface area contributed by atoms with Gasteiger partial charge in [-0.1, -0.05) is 6.92 Å². The molecular formula is C11H15BrN2O2S. The van der Waals surface area contributed by atoms with E-state index in [0.717, 1.165) is 6.42 Å². The molecule has 0 aliphatic heterocycles. The highest BCUT2D eigenvalue weighted by Crippen LogP contribution is 2.23. The maximum Gasteiger partial charge on any atom is 0.233 e. The normalized spacial score (nSPS) is 12.1. The molecule has 1 amide bonds. The molecule has 1 atom stereocenters. The monoisotopic (exact) mass is 318 g/mol. The van der Waals surface area contributed by atoms with Gasteiger partial charge in [0.25, 0.3) is 0 Å². The van der Waals surface area contributed by atoms with E-state index in [1.54, 1.807) is 18.2 Å². The Morgan fingerprint density at radius 2 is 2.24 bits per heavy atom. The molecule has 0 spiro atoms. The average Bonchev–Trinajstić information content (AvgIpc) is 2.26. The number of nitrogen functional groups attached to an aromatic ring is 1. The third-order valence-electron chi connectivity index (χ3n) is 2.04. The zero-order valence-electron chi connectivity index (χ0n) is 9.53. The van der Waals surface area contributed by atoms with Gasteiger partial charge in [-0.25, -0.2) is 0 Å². The first-order chi connectivity index (χ1) is 8.04. The van der Waals surface area contributed by atoms with Crippen molar-refractivity contribution in [1.82, 2.24) is 5.32 Å². The van der Waals surface area contributed by atoms with Gasteiger partial charge < -0.3 is 11.1 Å². The van der Waals surface area contributed by atoms with Crippen molar-refractivity contribution in [3.05, 3.63) is 22.7 Å². The first-order valence-corrected chi connectivity index (χ1v) is 7.36. The molecule has 0 bridgehead atoms. The molecule has 1 aromatic rings. The molecule has 0 aliphatic carbocycles. The maximum absolute atomic E-state index is 11.9. The highest BCUT2D eigenvalue weighted by atomic mass is 79.9. The van der Waals surface area contributed by atoms with Crippen LogP contribution in [0.3, 0.4) is 0 Å². The Morgan fingerprint density at radius 3 is 2.82 bits per heavy atom. The van der Waals surface area contributed by atoms with E-state index >= 15 is 0 Å². The zero-order chi connectivity index (χ0) is 12.8. The third-order valence-corrected chi connectivity index (χ3v) is 4.33. The smallest absolute Gasteiger partial charge is 0.233 e. The van der Waals surface area contributed by atoms with Gasteiger partial charge in [0, 0.05) is 16.7 Å². The number of nitrogens with two attached hydrogens (primary N) is 1. The van der Waals surface area contributed by atoms with E-state index in [2.05, 4.69) is 21.2 Å². The second-order valence-corrected chi connectivity index (χ2v) is 5.80. The lowest BCUT2D eigenvalue weighted by atomic mass is 10.3. The first kappa shape index (κ1) is 14.2. The minimum absolute atomic E-state index is 0.0253. The van der Waals surface area contributed by atoms with Crippen molar-refractivity contribution in [1.29, 1.82) is 0 Å². The summed E-state index contributed by atoms with van der Waals surface area (Å²) in [7, 11) is -1.35. The van der Waals surface area contributed by atoms with Crippen molar-refractivity contribution in [2.75, 3.05) is 18.0 Å². The number of hydrogen-bond acceptors (Lipinski definition) is 3. The Bertz CT molecular complexity index is 437. The Hall–Kier alpha value is -0.880. The molecule has 94 valence electrons. The van der Waals surface area contributed by atoms with Crippen molar-refractivity contribution >= 4 is 38.3 Å². The number of carbonyl (C=O) groups excluding carboxylic acids is 1. The minimum atomic E-state index is -1.35. The number of carbonyl (C=O) groups is 1. The number of rotatable bonds is 5. The second-order valence-electron chi connectivity index (χ2n) is 3.53. The maximum atomic E-state index is 11.9. The van der Waals surface area contributed by atoms with Gasteiger partial charge in [-0.05, 0) is 40.5 Å². The minimum Gasteiger partial charge on any atom is -0.399 e. The lowest BCUT2D eigenvalue weighted by molar-refractivity contribution is -0.118. The van der Waals surface area contributed by atoms with Gasteiger partial charge in [0.05, 0.1) is 15.7 Å². The van der Waals surface area contributed by atoms with Crippen LogP contribution in [0.2, 0.25) is 0 Å². The highest BCUT2D eigenvalue weighted by Gasteiger charge is 2.12. The predicted octanol–water partition coefficient (Wildman–Crippen LogP) is 1.67. The van der Waals surface area contributed by atoms with Gasteiger partial charge in [0.1, 0.15) is 5.75 Å². The fourth-order valence-electron chi connectivity index (χ4n) is 1.21. The SMILES string of the molecule is CCCNC(=O)CS(=O)c1ccc(N)cc1Br. The third kappa shape index (κ3) is 4.47. The number of halogens is 1. The fraction of sp³-hybridized carbons (Fsp3) is 0.364. The molecule has 0 saturated heterocycles. The molecule has 1 aromatic carbocycles. The van der Waals surface area contributed by atoms with Crippen LogP contribution in [0, 0.1) is 0 Å². The molecule has 1 rings (SSSR count). The van der Waals surface area contributed by atoms with E-state index in [4.69, 9.17) is 5.73 Å². The number of nitrogens with one attached hydrogen (secondary N) is 1. The molecule has 0 fully saturated rings. The van der Waals surface area contributed by atoms with Crippen molar-refractivity contribution in [3.8, 4) is 0 Å². The number of anilines is 1. The summed E-state index contributed by atoms with van der Waals surface area (Å²) in [4.78, 5) is 12.0. The summed E-state index contributed by atoms with van der Waals surface area (Å²) in [6.07, 6.45) is 0.865. The van der Waals surface area contributed by atoms with Gasteiger partial charge in [-0.15, -0.1) is 0 Å². The summed E-state index contributed by atoms with van der Waals surface area (Å²) in [5, 5.41) is 2.69. The van der Waals surface area contributed by atoms with Gasteiger partial charge in [0.15, 0.2) is 0 Å². The van der Waals surface area contributed by atoms with Crippen molar-refractivity contribution < 1.29 is 9.00 Å². The fourth-order valence-corrected chi connectivity index (χ4v) is 3.14. The molecule has 0 radical (unpaired) electrons. The molecule has 1 unspecified atom stereocenters. The highest BCUT2D eigenvalue weighted by molar-refractivity contribution is 9.10. The summed E-state index contributed by atoms with van der Waals surface area (Å²) >= 11 is 3.29. The Kier molecular flexibility index (Phi) is 5.64. The quantitative estimate of drug-likeness (QED) is 0.811. The topological polar surface area (TPSA) is 72.2 Å². The van der Waals surface area contributed by atoms with Gasteiger partial charge in [0.2, 0.25) is 5.91 Å². The van der Waals surface area contributed by atoms with Crippen LogP contribution >= 0.6 is 15.9 Å². The van der Waals surface area contributed by atoms with E-state index in [1.807, 2.05) is 6.92 Å². The van der Waals surface area contributed by atoms with Gasteiger partial charge in [-0.2, -0.15) is 0 Å². The van der Waals surface area contributed by atoms with Gasteiger partial charge >= 0.3 is 0 Å². The first-order valence-electron chi connectivity index (χ1n) is 5.24. The average molecular weight is 319 g/mol. The van der Waals surface area contributed by atoms with Crippen molar-refractivity contribution in [2.45, 2.75) is 18.2 Å². The predicted molar refractivity (Wildman–Crippen MR) is 73.1 cm³/mol. The van der Waals surface area contributed by atoms with Crippen LogP contribution in [-0.2, 0) is 15.6 Å².